The van der Waals surface area contributed by atoms with Gasteiger partial charge in [-0.2, -0.15) is 0 Å². The van der Waals surface area contributed by atoms with E-state index in [2.05, 4.69) is 10.6 Å². The van der Waals surface area contributed by atoms with E-state index in [9.17, 15) is 4.79 Å². The van der Waals surface area contributed by atoms with Crippen molar-refractivity contribution in [2.24, 2.45) is 0 Å². The number of nitrogens with one attached hydrogen (secondary N) is 2. The number of fused-ring (bicyclic) bond motifs is 2. The van der Waals surface area contributed by atoms with Crippen molar-refractivity contribution in [3.05, 3.63) is 0 Å². The molecule has 2 N–H and O–H groups in total. The lowest BCUT2D eigenvalue weighted by Crippen LogP contribution is -2.41. The molecule has 0 aliphatic carbocycles. The normalized spacial score (nSPS) is 36.5. The first-order chi connectivity index (χ1) is 6.79. The van der Waals surface area contributed by atoms with Gasteiger partial charge in [-0.3, -0.25) is 4.79 Å². The van der Waals surface area contributed by atoms with Crippen molar-refractivity contribution in [2.45, 2.75) is 44.3 Å². The lowest BCUT2D eigenvalue weighted by Gasteiger charge is -2.18. The van der Waals surface area contributed by atoms with Crippen LogP contribution in [-0.2, 0) is 9.53 Å². The zero-order valence-electron chi connectivity index (χ0n) is 8.58. The summed E-state index contributed by atoms with van der Waals surface area (Å²) in [6, 6.07) is 0.960. The number of carbonyl (C=O) groups excluding carboxylic acids is 1. The fraction of sp³-hybridized carbons (Fsp3) is 0.900. The largest absolute Gasteiger partial charge is 0.465 e. The molecule has 0 spiro atoms. The van der Waals surface area contributed by atoms with Crippen LogP contribution in [-0.4, -0.2) is 37.2 Å². The maximum absolute atomic E-state index is 11.5. The van der Waals surface area contributed by atoms with Gasteiger partial charge in [-0.05, 0) is 26.2 Å². The molecule has 4 heteroatoms. The lowest BCUT2D eigenvalue weighted by molar-refractivity contribution is -0.145. The van der Waals surface area contributed by atoms with Gasteiger partial charge in [0.05, 0.1) is 6.61 Å². The van der Waals surface area contributed by atoms with Gasteiger partial charge in [0, 0.05) is 18.6 Å². The second-order valence-corrected chi connectivity index (χ2v) is 4.09. The van der Waals surface area contributed by atoms with Gasteiger partial charge in [-0.1, -0.05) is 0 Å². The molecule has 2 heterocycles. The highest BCUT2D eigenvalue weighted by molar-refractivity contribution is 5.75. The summed E-state index contributed by atoms with van der Waals surface area (Å²) in [4.78, 5) is 11.5. The fourth-order valence-electron chi connectivity index (χ4n) is 2.32. The van der Waals surface area contributed by atoms with Gasteiger partial charge in [0.15, 0.2) is 0 Å². The van der Waals surface area contributed by atoms with Crippen molar-refractivity contribution in [3.8, 4) is 0 Å². The van der Waals surface area contributed by atoms with E-state index in [1.807, 2.05) is 6.92 Å². The Morgan fingerprint density at radius 1 is 1.43 bits per heavy atom. The quantitative estimate of drug-likeness (QED) is 0.615. The Bertz CT molecular complexity index is 220. The van der Waals surface area contributed by atoms with Crippen molar-refractivity contribution in [1.82, 2.24) is 10.6 Å². The smallest absolute Gasteiger partial charge is 0.323 e. The summed E-state index contributed by atoms with van der Waals surface area (Å²) in [6.07, 6.45) is 3.30. The Morgan fingerprint density at radius 3 is 3.00 bits per heavy atom. The number of esters is 1. The molecule has 2 bridgehead atoms. The van der Waals surface area contributed by atoms with E-state index >= 15 is 0 Å². The molecule has 80 valence electrons. The zero-order valence-corrected chi connectivity index (χ0v) is 8.58. The van der Waals surface area contributed by atoms with Crippen LogP contribution in [0.25, 0.3) is 0 Å². The Hall–Kier alpha value is -0.610. The average molecular weight is 198 g/mol. The van der Waals surface area contributed by atoms with Crippen LogP contribution in [0.5, 0.6) is 0 Å². The second kappa shape index (κ2) is 4.28. The molecular formula is C10H18N2O2. The Labute approximate surface area is 84.4 Å². The topological polar surface area (TPSA) is 50.4 Å². The Balaban J connectivity index is 1.91. The molecule has 0 saturated carbocycles. The van der Waals surface area contributed by atoms with Crippen LogP contribution in [0.1, 0.15) is 26.2 Å². The minimum atomic E-state index is -0.0993. The Kier molecular flexibility index (Phi) is 3.03. The molecule has 2 fully saturated rings. The maximum Gasteiger partial charge on any atom is 0.323 e. The van der Waals surface area contributed by atoms with Gasteiger partial charge in [-0.25, -0.2) is 0 Å². The third-order valence-corrected chi connectivity index (χ3v) is 3.04. The van der Waals surface area contributed by atoms with Crippen LogP contribution in [0, 0.1) is 0 Å². The zero-order chi connectivity index (χ0) is 9.97. The Morgan fingerprint density at radius 2 is 2.21 bits per heavy atom. The highest BCUT2D eigenvalue weighted by Crippen LogP contribution is 2.19. The van der Waals surface area contributed by atoms with Crippen molar-refractivity contribution < 1.29 is 9.53 Å². The molecule has 14 heavy (non-hydrogen) atoms. The van der Waals surface area contributed by atoms with E-state index in [0.29, 0.717) is 18.7 Å². The van der Waals surface area contributed by atoms with Crippen molar-refractivity contribution in [1.29, 1.82) is 0 Å². The van der Waals surface area contributed by atoms with Gasteiger partial charge in [-0.15, -0.1) is 0 Å². The summed E-state index contributed by atoms with van der Waals surface area (Å²) in [5.74, 6) is -0.0955. The van der Waals surface area contributed by atoms with E-state index in [0.717, 1.165) is 13.0 Å². The monoisotopic (exact) mass is 198 g/mol. The third-order valence-electron chi connectivity index (χ3n) is 3.04. The predicted octanol–water partition coefficient (Wildman–Crippen LogP) is 0.0320. The van der Waals surface area contributed by atoms with Crippen LogP contribution >= 0.6 is 0 Å². The number of ether oxygens (including phenoxy) is 1. The maximum atomic E-state index is 11.5. The van der Waals surface area contributed by atoms with Crippen LogP contribution in [0.15, 0.2) is 0 Å². The molecule has 2 aliphatic rings. The summed E-state index contributed by atoms with van der Waals surface area (Å²) in [5, 5.41) is 6.77. The fourth-order valence-corrected chi connectivity index (χ4v) is 2.32. The lowest BCUT2D eigenvalue weighted by atomic mass is 10.0. The molecule has 4 nitrogen and oxygen atoms in total. The van der Waals surface area contributed by atoms with E-state index in [-0.39, 0.29) is 12.0 Å². The van der Waals surface area contributed by atoms with E-state index in [4.69, 9.17) is 4.74 Å². The first-order valence-electron chi connectivity index (χ1n) is 5.45. The molecule has 0 aromatic carbocycles. The van der Waals surface area contributed by atoms with Gasteiger partial charge in [0.2, 0.25) is 0 Å². The van der Waals surface area contributed by atoms with Crippen molar-refractivity contribution in [2.75, 3.05) is 13.2 Å². The standard InChI is InChI=1S/C10H18N2O2/c1-2-14-10(13)9-5-7-3-4-8(12-7)6-11-9/h7-9,11-12H,2-6H2,1H3/t7-,8+,9+/m0/s1. The average Bonchev–Trinajstić information content (AvgIpc) is 2.46. The van der Waals surface area contributed by atoms with E-state index < -0.39 is 0 Å². The molecule has 0 aromatic rings. The number of hydrogen-bond acceptors (Lipinski definition) is 4. The van der Waals surface area contributed by atoms with Crippen LogP contribution in [0.3, 0.4) is 0 Å². The molecular weight excluding hydrogens is 180 g/mol. The summed E-state index contributed by atoms with van der Waals surface area (Å²) in [7, 11) is 0. The molecule has 2 aliphatic heterocycles. The first-order valence-corrected chi connectivity index (χ1v) is 5.45. The highest BCUT2D eigenvalue weighted by Gasteiger charge is 2.33. The third kappa shape index (κ3) is 2.07. The van der Waals surface area contributed by atoms with Crippen LogP contribution in [0.4, 0.5) is 0 Å². The molecule has 0 aromatic heterocycles. The van der Waals surface area contributed by atoms with Gasteiger partial charge in [0.1, 0.15) is 6.04 Å². The van der Waals surface area contributed by atoms with E-state index in [1.54, 1.807) is 0 Å². The minimum absolute atomic E-state index is 0.0955. The molecule has 0 unspecified atom stereocenters. The number of carbonyl (C=O) groups is 1. The SMILES string of the molecule is CCOC(=O)[C@H]1C[C@@H]2CC[C@H](CN1)N2. The number of rotatable bonds is 2. The molecule has 0 radical (unpaired) electrons. The summed E-state index contributed by atoms with van der Waals surface area (Å²) >= 11 is 0. The molecule has 2 saturated heterocycles. The number of hydrogen-bond donors (Lipinski definition) is 2. The van der Waals surface area contributed by atoms with E-state index in [1.165, 1.54) is 12.8 Å². The minimum Gasteiger partial charge on any atom is -0.465 e. The molecule has 2 rings (SSSR count). The molecule has 3 atom stereocenters. The first kappa shape index (κ1) is 9.93. The van der Waals surface area contributed by atoms with Gasteiger partial charge in [0.25, 0.3) is 0 Å². The summed E-state index contributed by atoms with van der Waals surface area (Å²) in [6.45, 7) is 3.21. The van der Waals surface area contributed by atoms with Gasteiger partial charge < -0.3 is 15.4 Å². The van der Waals surface area contributed by atoms with Crippen LogP contribution in [0.2, 0.25) is 0 Å². The van der Waals surface area contributed by atoms with Crippen molar-refractivity contribution in [3.63, 3.8) is 0 Å². The summed E-state index contributed by atoms with van der Waals surface area (Å²) < 4.78 is 5.02. The van der Waals surface area contributed by atoms with Crippen molar-refractivity contribution >= 4 is 5.97 Å². The molecule has 0 amide bonds. The highest BCUT2D eigenvalue weighted by atomic mass is 16.5. The summed E-state index contributed by atoms with van der Waals surface area (Å²) in [5.41, 5.74) is 0. The van der Waals surface area contributed by atoms with Crippen LogP contribution < -0.4 is 10.6 Å². The second-order valence-electron chi connectivity index (χ2n) is 4.09. The predicted molar refractivity (Wildman–Crippen MR) is 53.0 cm³/mol. The van der Waals surface area contributed by atoms with Gasteiger partial charge >= 0.3 is 5.97 Å².